The van der Waals surface area contributed by atoms with Crippen molar-refractivity contribution in [2.75, 3.05) is 6.61 Å². The third-order valence-corrected chi connectivity index (χ3v) is 4.33. The zero-order valence-electron chi connectivity index (χ0n) is 13.1. The average Bonchev–Trinajstić information content (AvgIpc) is 2.40. The highest BCUT2D eigenvalue weighted by Gasteiger charge is 2.26. The predicted molar refractivity (Wildman–Crippen MR) is 87.7 cm³/mol. The summed E-state index contributed by atoms with van der Waals surface area (Å²) >= 11 is 6.06. The third kappa shape index (κ3) is 7.83. The Labute approximate surface area is 141 Å². The standard InChI is InChI=1S/C15H19ClF3NO2S/c1-14(2,3)23(21)20-10-11-5-6-12(9-13(11)16)22-8-4-7-15(17,18)19/h5-6,9-10H,4,7-8H2,1-3H3/t23-/m1/s1. The molecule has 0 aliphatic heterocycles. The summed E-state index contributed by atoms with van der Waals surface area (Å²) in [6.45, 7) is 5.37. The molecule has 0 aliphatic rings. The van der Waals surface area contributed by atoms with Gasteiger partial charge in [-0.3, -0.25) is 0 Å². The molecule has 1 aromatic carbocycles. The van der Waals surface area contributed by atoms with E-state index >= 15 is 0 Å². The third-order valence-electron chi connectivity index (χ3n) is 2.66. The lowest BCUT2D eigenvalue weighted by atomic mass is 10.2. The van der Waals surface area contributed by atoms with E-state index in [0.29, 0.717) is 16.3 Å². The topological polar surface area (TPSA) is 38.7 Å². The Morgan fingerprint density at radius 1 is 1.30 bits per heavy atom. The largest absolute Gasteiger partial charge is 0.494 e. The molecular weight excluding hydrogens is 351 g/mol. The van der Waals surface area contributed by atoms with Gasteiger partial charge in [-0.2, -0.15) is 17.6 Å². The van der Waals surface area contributed by atoms with Crippen LogP contribution in [0.5, 0.6) is 5.75 Å². The summed E-state index contributed by atoms with van der Waals surface area (Å²) < 4.78 is 56.6. The second-order valence-electron chi connectivity index (χ2n) is 5.85. The maximum Gasteiger partial charge on any atom is 0.389 e. The van der Waals surface area contributed by atoms with Gasteiger partial charge in [0.1, 0.15) is 16.7 Å². The summed E-state index contributed by atoms with van der Waals surface area (Å²) in [7, 11) is -1.39. The summed E-state index contributed by atoms with van der Waals surface area (Å²) in [6.07, 6.45) is -3.76. The maximum absolute atomic E-state index is 12.0. The summed E-state index contributed by atoms with van der Waals surface area (Å²) in [5.74, 6) is 0.381. The molecule has 1 rings (SSSR count). The highest BCUT2D eigenvalue weighted by molar-refractivity contribution is 7.85. The molecule has 1 atom stereocenters. The first-order valence-corrected chi connectivity index (χ1v) is 8.43. The van der Waals surface area contributed by atoms with E-state index in [1.165, 1.54) is 12.3 Å². The Hall–Kier alpha value is -1.08. The van der Waals surface area contributed by atoms with Crippen molar-refractivity contribution in [1.82, 2.24) is 0 Å². The van der Waals surface area contributed by atoms with Crippen molar-refractivity contribution < 1.29 is 22.1 Å². The first kappa shape index (κ1) is 20.0. The fraction of sp³-hybridized carbons (Fsp3) is 0.533. The van der Waals surface area contributed by atoms with Crippen LogP contribution in [0.1, 0.15) is 39.2 Å². The molecule has 0 heterocycles. The van der Waals surface area contributed by atoms with Crippen LogP contribution in [0, 0.1) is 0 Å². The molecule has 0 unspecified atom stereocenters. The normalized spacial score (nSPS) is 14.2. The minimum Gasteiger partial charge on any atom is -0.494 e. The monoisotopic (exact) mass is 369 g/mol. The van der Waals surface area contributed by atoms with Crippen LogP contribution in [-0.4, -0.2) is 28.0 Å². The van der Waals surface area contributed by atoms with E-state index in [1.54, 1.807) is 32.9 Å². The van der Waals surface area contributed by atoms with E-state index < -0.39 is 28.3 Å². The molecule has 1 aromatic rings. The van der Waals surface area contributed by atoms with Crippen LogP contribution in [-0.2, 0) is 11.0 Å². The average molecular weight is 370 g/mol. The van der Waals surface area contributed by atoms with Crippen LogP contribution < -0.4 is 4.74 Å². The van der Waals surface area contributed by atoms with Crippen LogP contribution in [0.3, 0.4) is 0 Å². The predicted octanol–water partition coefficient (Wildman–Crippen LogP) is 4.94. The Morgan fingerprint density at radius 2 is 1.96 bits per heavy atom. The molecule has 0 saturated carbocycles. The molecule has 0 saturated heterocycles. The van der Waals surface area contributed by atoms with Gasteiger partial charge < -0.3 is 4.74 Å². The fourth-order valence-electron chi connectivity index (χ4n) is 1.43. The molecule has 0 fully saturated rings. The summed E-state index contributed by atoms with van der Waals surface area (Å²) in [5, 5.41) is 0.327. The SMILES string of the molecule is CC(C)(C)[S@@](=O)N=Cc1ccc(OCCCC(F)(F)F)cc1Cl. The van der Waals surface area contributed by atoms with E-state index in [-0.39, 0.29) is 13.0 Å². The van der Waals surface area contributed by atoms with Gasteiger partial charge in [0.2, 0.25) is 0 Å². The molecule has 8 heteroatoms. The lowest BCUT2D eigenvalue weighted by Gasteiger charge is -2.13. The Morgan fingerprint density at radius 3 is 2.48 bits per heavy atom. The molecule has 0 amide bonds. The molecule has 0 radical (unpaired) electrons. The first-order valence-electron chi connectivity index (χ1n) is 6.94. The van der Waals surface area contributed by atoms with Crippen molar-refractivity contribution in [3.05, 3.63) is 28.8 Å². The molecule has 23 heavy (non-hydrogen) atoms. The number of rotatable bonds is 6. The summed E-state index contributed by atoms with van der Waals surface area (Å²) in [5.41, 5.74) is 0.562. The highest BCUT2D eigenvalue weighted by Crippen LogP contribution is 2.24. The number of nitrogens with zero attached hydrogens (tertiary/aromatic N) is 1. The van der Waals surface area contributed by atoms with E-state index in [1.807, 2.05) is 0 Å². The van der Waals surface area contributed by atoms with Gasteiger partial charge in [-0.1, -0.05) is 11.6 Å². The van der Waals surface area contributed by atoms with Gasteiger partial charge in [-0.05, 0) is 45.4 Å². The summed E-state index contributed by atoms with van der Waals surface area (Å²) in [4.78, 5) is 0. The molecule has 0 bridgehead atoms. The molecule has 0 spiro atoms. The van der Waals surface area contributed by atoms with Crippen LogP contribution in [0.15, 0.2) is 22.6 Å². The zero-order valence-corrected chi connectivity index (χ0v) is 14.7. The quantitative estimate of drug-likeness (QED) is 0.526. The van der Waals surface area contributed by atoms with Gasteiger partial charge in [-0.15, -0.1) is 0 Å². The number of ether oxygens (including phenoxy) is 1. The van der Waals surface area contributed by atoms with Crippen LogP contribution in [0.4, 0.5) is 13.2 Å². The lowest BCUT2D eigenvalue weighted by molar-refractivity contribution is -0.136. The van der Waals surface area contributed by atoms with E-state index in [4.69, 9.17) is 16.3 Å². The fourth-order valence-corrected chi connectivity index (χ4v) is 2.17. The number of alkyl halides is 3. The van der Waals surface area contributed by atoms with Gasteiger partial charge in [0.15, 0.2) is 0 Å². The van der Waals surface area contributed by atoms with Crippen LogP contribution >= 0.6 is 11.6 Å². The number of halogens is 4. The molecule has 0 aromatic heterocycles. The molecule has 0 aliphatic carbocycles. The smallest absolute Gasteiger partial charge is 0.389 e. The van der Waals surface area contributed by atoms with Gasteiger partial charge >= 0.3 is 6.18 Å². The zero-order chi connectivity index (χ0) is 17.7. The number of benzene rings is 1. The summed E-state index contributed by atoms with van der Waals surface area (Å²) in [6, 6.07) is 4.70. The van der Waals surface area contributed by atoms with Gasteiger partial charge in [0.05, 0.1) is 16.4 Å². The molecule has 0 N–H and O–H groups in total. The van der Waals surface area contributed by atoms with E-state index in [9.17, 15) is 17.4 Å². The molecule has 130 valence electrons. The lowest BCUT2D eigenvalue weighted by Crippen LogP contribution is -2.19. The maximum atomic E-state index is 12.0. The van der Waals surface area contributed by atoms with Gasteiger partial charge in [0.25, 0.3) is 0 Å². The Bertz CT molecular complexity index is 583. The minimum absolute atomic E-state index is 0.0443. The second-order valence-corrected chi connectivity index (χ2v) is 8.19. The van der Waals surface area contributed by atoms with Crippen molar-refractivity contribution >= 4 is 28.8 Å². The Balaban J connectivity index is 2.61. The van der Waals surface area contributed by atoms with Crippen molar-refractivity contribution in [1.29, 1.82) is 0 Å². The van der Waals surface area contributed by atoms with Gasteiger partial charge in [-0.25, -0.2) is 4.21 Å². The minimum atomic E-state index is -4.18. The molecule has 3 nitrogen and oxygen atoms in total. The number of hydrogen-bond donors (Lipinski definition) is 0. The van der Waals surface area contributed by atoms with Crippen molar-refractivity contribution in [3.8, 4) is 5.75 Å². The van der Waals surface area contributed by atoms with Crippen LogP contribution in [0.2, 0.25) is 5.02 Å². The molecular formula is C15H19ClF3NO2S. The van der Waals surface area contributed by atoms with E-state index in [0.717, 1.165) is 0 Å². The van der Waals surface area contributed by atoms with E-state index in [2.05, 4.69) is 4.40 Å². The van der Waals surface area contributed by atoms with Crippen molar-refractivity contribution in [2.45, 2.75) is 44.5 Å². The van der Waals surface area contributed by atoms with Crippen molar-refractivity contribution in [2.24, 2.45) is 4.40 Å². The second kappa shape index (κ2) is 8.15. The van der Waals surface area contributed by atoms with Gasteiger partial charge in [0, 0.05) is 18.2 Å². The first-order chi connectivity index (χ1) is 10.5. The van der Waals surface area contributed by atoms with Crippen LogP contribution in [0.25, 0.3) is 0 Å². The number of hydrogen-bond acceptors (Lipinski definition) is 2. The highest BCUT2D eigenvalue weighted by atomic mass is 35.5. The Kier molecular flexibility index (Phi) is 7.07. The van der Waals surface area contributed by atoms with Crippen molar-refractivity contribution in [3.63, 3.8) is 0 Å².